The molecule has 0 bridgehead atoms. The number of fused-ring (bicyclic) bond motifs is 1. The second kappa shape index (κ2) is 8.84. The summed E-state index contributed by atoms with van der Waals surface area (Å²) in [6.07, 6.45) is 3.36. The standard InChI is InChI=1S/C22H22FN3O5.ClH/c23-17-10-16-18(26(14-3-4-14)13-20(21(16)27)31-22(28)29)11-19(17)25-7-5-24(6-8-25)12-15-2-1-9-30-15;/h1-2,9-11,13-14H,3-8,12H2,(H,28,29);1H. The summed E-state index contributed by atoms with van der Waals surface area (Å²) in [4.78, 5) is 27.9. The van der Waals surface area contributed by atoms with Gasteiger partial charge < -0.3 is 23.7 Å². The molecule has 0 atom stereocenters. The first-order valence-electron chi connectivity index (χ1n) is 10.3. The van der Waals surface area contributed by atoms with E-state index in [1.807, 2.05) is 21.6 Å². The highest BCUT2D eigenvalue weighted by Crippen LogP contribution is 2.39. The van der Waals surface area contributed by atoms with Gasteiger partial charge >= 0.3 is 6.16 Å². The summed E-state index contributed by atoms with van der Waals surface area (Å²) in [6, 6.07) is 6.87. The largest absolute Gasteiger partial charge is 0.511 e. The molecule has 170 valence electrons. The van der Waals surface area contributed by atoms with E-state index in [-0.39, 0.29) is 29.6 Å². The summed E-state index contributed by atoms with van der Waals surface area (Å²) < 4.78 is 26.9. The second-order valence-corrected chi connectivity index (χ2v) is 7.99. The van der Waals surface area contributed by atoms with E-state index >= 15 is 4.39 Å². The van der Waals surface area contributed by atoms with Crippen LogP contribution in [0.1, 0.15) is 24.6 Å². The van der Waals surface area contributed by atoms with E-state index < -0.39 is 17.4 Å². The summed E-state index contributed by atoms with van der Waals surface area (Å²) in [6.45, 7) is 3.54. The minimum absolute atomic E-state index is 0. The SMILES string of the molecule is Cl.O=C(O)Oc1cn(C2CC2)c2cc(N3CCN(Cc4ccco4)CC3)c(F)cc2c1=O. The Bertz CT molecular complexity index is 1180. The molecule has 8 nitrogen and oxygen atoms in total. The zero-order valence-electron chi connectivity index (χ0n) is 17.2. The minimum Gasteiger partial charge on any atom is -0.468 e. The van der Waals surface area contributed by atoms with Crippen molar-refractivity contribution in [3.05, 3.63) is 58.5 Å². The van der Waals surface area contributed by atoms with Crippen molar-refractivity contribution >= 4 is 35.2 Å². The van der Waals surface area contributed by atoms with Crippen molar-refractivity contribution in [1.82, 2.24) is 9.47 Å². The average molecular weight is 464 g/mol. The summed E-state index contributed by atoms with van der Waals surface area (Å²) in [5, 5.41) is 9.05. The predicted molar refractivity (Wildman–Crippen MR) is 119 cm³/mol. The maximum atomic E-state index is 15.1. The molecule has 3 heterocycles. The van der Waals surface area contributed by atoms with E-state index in [0.717, 1.165) is 31.7 Å². The zero-order chi connectivity index (χ0) is 21.5. The first-order chi connectivity index (χ1) is 15.0. The molecule has 5 rings (SSSR count). The van der Waals surface area contributed by atoms with Crippen molar-refractivity contribution in [2.45, 2.75) is 25.4 Å². The number of aromatic nitrogens is 1. The maximum absolute atomic E-state index is 15.1. The quantitative estimate of drug-likeness (QED) is 0.574. The number of rotatable bonds is 5. The van der Waals surface area contributed by atoms with E-state index in [4.69, 9.17) is 9.52 Å². The molecule has 3 aromatic rings. The molecule has 0 amide bonds. The molecule has 1 N–H and O–H groups in total. The van der Waals surface area contributed by atoms with E-state index in [0.29, 0.717) is 30.8 Å². The molecule has 1 saturated carbocycles. The first kappa shape index (κ1) is 22.2. The number of carbonyl (C=O) groups is 1. The fourth-order valence-electron chi connectivity index (χ4n) is 4.17. The molecule has 1 aromatic carbocycles. The summed E-state index contributed by atoms with van der Waals surface area (Å²) >= 11 is 0. The van der Waals surface area contributed by atoms with Gasteiger partial charge in [-0.3, -0.25) is 9.69 Å². The van der Waals surface area contributed by atoms with Crippen LogP contribution < -0.4 is 15.1 Å². The van der Waals surface area contributed by atoms with Gasteiger partial charge in [0.1, 0.15) is 11.6 Å². The predicted octanol–water partition coefficient (Wildman–Crippen LogP) is 3.87. The number of nitrogens with zero attached hydrogens (tertiary/aromatic N) is 3. The van der Waals surface area contributed by atoms with Crippen LogP contribution in [0, 0.1) is 5.82 Å². The lowest BCUT2D eigenvalue weighted by molar-refractivity contribution is 0.143. The van der Waals surface area contributed by atoms with Gasteiger partial charge in [-0.25, -0.2) is 9.18 Å². The molecular formula is C22H23ClFN3O5. The number of ether oxygens (including phenoxy) is 1. The van der Waals surface area contributed by atoms with Gasteiger partial charge in [0.05, 0.1) is 35.6 Å². The highest BCUT2D eigenvalue weighted by atomic mass is 35.5. The third-order valence-electron chi connectivity index (χ3n) is 5.88. The Kier molecular flexibility index (Phi) is 6.12. The summed E-state index contributed by atoms with van der Waals surface area (Å²) in [5.74, 6) is 0.0997. The Morgan fingerprint density at radius 1 is 1.22 bits per heavy atom. The topological polar surface area (TPSA) is 88.2 Å². The summed E-state index contributed by atoms with van der Waals surface area (Å²) in [7, 11) is 0. The molecule has 2 aromatic heterocycles. The van der Waals surface area contributed by atoms with Crippen LogP contribution in [0.15, 0.2) is 45.9 Å². The molecule has 0 radical (unpaired) electrons. The van der Waals surface area contributed by atoms with Crippen molar-refractivity contribution in [2.24, 2.45) is 0 Å². The average Bonchev–Trinajstić information content (AvgIpc) is 3.47. The Morgan fingerprint density at radius 3 is 2.59 bits per heavy atom. The van der Waals surface area contributed by atoms with Gasteiger partial charge in [-0.2, -0.15) is 0 Å². The van der Waals surface area contributed by atoms with Gasteiger partial charge in [-0.05, 0) is 37.1 Å². The van der Waals surface area contributed by atoms with E-state index in [9.17, 15) is 9.59 Å². The van der Waals surface area contributed by atoms with Crippen molar-refractivity contribution in [3.8, 4) is 5.75 Å². The Balaban J connectivity index is 0.00000245. The van der Waals surface area contributed by atoms with Crippen LogP contribution in [0.25, 0.3) is 10.9 Å². The fourth-order valence-corrected chi connectivity index (χ4v) is 4.17. The third-order valence-corrected chi connectivity index (χ3v) is 5.88. The second-order valence-electron chi connectivity index (χ2n) is 7.99. The molecule has 1 aliphatic carbocycles. The number of piperazine rings is 1. The Labute approximate surface area is 189 Å². The lowest BCUT2D eigenvalue weighted by atomic mass is 10.1. The van der Waals surface area contributed by atoms with Gasteiger partial charge in [0, 0.05) is 32.2 Å². The van der Waals surface area contributed by atoms with Crippen LogP contribution in [0.5, 0.6) is 5.75 Å². The highest BCUT2D eigenvalue weighted by molar-refractivity contribution is 5.85. The molecular weight excluding hydrogens is 441 g/mol. The first-order valence-corrected chi connectivity index (χ1v) is 10.3. The van der Waals surface area contributed by atoms with Crippen molar-refractivity contribution < 1.29 is 23.4 Å². The number of halogens is 2. The molecule has 2 fully saturated rings. The van der Waals surface area contributed by atoms with Crippen molar-refractivity contribution in [3.63, 3.8) is 0 Å². The van der Waals surface area contributed by atoms with Crippen LogP contribution in [0.2, 0.25) is 0 Å². The monoisotopic (exact) mass is 463 g/mol. The maximum Gasteiger partial charge on any atom is 0.511 e. The van der Waals surface area contributed by atoms with Gasteiger partial charge in [-0.15, -0.1) is 12.4 Å². The van der Waals surface area contributed by atoms with E-state index in [1.165, 1.54) is 12.3 Å². The molecule has 0 spiro atoms. The highest BCUT2D eigenvalue weighted by Gasteiger charge is 2.28. The molecule has 10 heteroatoms. The van der Waals surface area contributed by atoms with Crippen molar-refractivity contribution in [1.29, 1.82) is 0 Å². The van der Waals surface area contributed by atoms with E-state index in [2.05, 4.69) is 9.64 Å². The fraction of sp³-hybridized carbons (Fsp3) is 0.364. The Hall–Kier alpha value is -3.04. The molecule has 0 unspecified atom stereocenters. The number of benzene rings is 1. The molecule has 1 aliphatic heterocycles. The van der Waals surface area contributed by atoms with Gasteiger partial charge in [-0.1, -0.05) is 0 Å². The smallest absolute Gasteiger partial charge is 0.468 e. The van der Waals surface area contributed by atoms with Gasteiger partial charge in [0.2, 0.25) is 5.43 Å². The molecule has 2 aliphatic rings. The minimum atomic E-state index is -1.57. The number of hydrogen-bond donors (Lipinski definition) is 1. The van der Waals surface area contributed by atoms with Crippen LogP contribution in [0.3, 0.4) is 0 Å². The number of furan rings is 1. The number of anilines is 1. The van der Waals surface area contributed by atoms with Crippen LogP contribution in [-0.2, 0) is 6.54 Å². The molecule has 32 heavy (non-hydrogen) atoms. The normalized spacial score (nSPS) is 16.7. The zero-order valence-corrected chi connectivity index (χ0v) is 18.0. The van der Waals surface area contributed by atoms with Crippen LogP contribution in [-0.4, -0.2) is 46.9 Å². The Morgan fingerprint density at radius 2 is 1.97 bits per heavy atom. The van der Waals surface area contributed by atoms with Crippen LogP contribution >= 0.6 is 12.4 Å². The summed E-state index contributed by atoms with van der Waals surface area (Å²) in [5.41, 5.74) is 0.425. The van der Waals surface area contributed by atoms with Crippen molar-refractivity contribution in [2.75, 3.05) is 31.1 Å². The lowest BCUT2D eigenvalue weighted by Gasteiger charge is -2.36. The van der Waals surface area contributed by atoms with Crippen LogP contribution in [0.4, 0.5) is 14.9 Å². The molecule has 1 saturated heterocycles. The lowest BCUT2D eigenvalue weighted by Crippen LogP contribution is -2.46. The van der Waals surface area contributed by atoms with Gasteiger partial charge in [0.25, 0.3) is 0 Å². The third kappa shape index (κ3) is 4.31. The number of hydrogen-bond acceptors (Lipinski definition) is 6. The number of carboxylic acid groups (broad SMARTS) is 1. The number of pyridine rings is 1. The van der Waals surface area contributed by atoms with E-state index in [1.54, 1.807) is 12.3 Å². The van der Waals surface area contributed by atoms with Gasteiger partial charge in [0.15, 0.2) is 5.75 Å².